The fourth-order valence-electron chi connectivity index (χ4n) is 0.532. The molecule has 0 heterocycles. The van der Waals surface area contributed by atoms with Crippen LogP contribution in [0.2, 0.25) is 0 Å². The van der Waals surface area contributed by atoms with E-state index in [1.54, 1.807) is 18.2 Å². The van der Waals surface area contributed by atoms with E-state index in [9.17, 15) is 4.79 Å². The minimum atomic E-state index is 0.583. The van der Waals surface area contributed by atoms with Crippen LogP contribution < -0.4 is 5.73 Å². The largest absolute Gasteiger partial charge is 0.327 e. The third kappa shape index (κ3) is 5.38. The quantitative estimate of drug-likeness (QED) is 0.532. The maximum absolute atomic E-state index is 10.0. The Bertz CT molecular complexity index is 219. The summed E-state index contributed by atoms with van der Waals surface area (Å²) in [7, 11) is 0. The second-order valence-corrected chi connectivity index (χ2v) is 2.05. The van der Waals surface area contributed by atoms with Crippen LogP contribution in [0.4, 0.5) is 0 Å². The van der Waals surface area contributed by atoms with Gasteiger partial charge in [-0.15, -0.1) is 6.58 Å². The van der Waals surface area contributed by atoms with E-state index in [2.05, 4.69) is 6.58 Å². The maximum atomic E-state index is 10.0. The lowest BCUT2D eigenvalue weighted by Gasteiger charge is -1.81. The molecule has 2 N–H and O–H groups in total. The molecule has 0 spiro atoms. The molecule has 64 valence electrons. The number of hydrogen-bond acceptors (Lipinski definition) is 2. The number of hydrogen-bond donors (Lipinski definition) is 1. The minimum absolute atomic E-state index is 0.583. The average molecular weight is 163 g/mol. The normalized spacial score (nSPS) is 7.75. The highest BCUT2D eigenvalue weighted by Crippen LogP contribution is 1.91. The maximum Gasteiger partial charge on any atom is 0.150 e. The van der Waals surface area contributed by atoms with Gasteiger partial charge in [0.2, 0.25) is 0 Å². The molecule has 0 radical (unpaired) electrons. The summed E-state index contributed by atoms with van der Waals surface area (Å²) in [5.41, 5.74) is 5.64. The number of carbonyl (C=O) groups is 1. The minimum Gasteiger partial charge on any atom is -0.327 e. The van der Waals surface area contributed by atoms with E-state index in [0.29, 0.717) is 6.54 Å². The zero-order valence-corrected chi connectivity index (χ0v) is 6.94. The Kier molecular flexibility index (Phi) is 6.79. The van der Waals surface area contributed by atoms with Gasteiger partial charge in [-0.2, -0.15) is 0 Å². The first-order valence-corrected chi connectivity index (χ1v) is 3.66. The van der Waals surface area contributed by atoms with E-state index in [1.165, 1.54) is 0 Å². The highest BCUT2D eigenvalue weighted by Gasteiger charge is 1.79. The van der Waals surface area contributed by atoms with Crippen LogP contribution in [0.25, 0.3) is 0 Å². The van der Waals surface area contributed by atoms with Gasteiger partial charge in [-0.1, -0.05) is 36.4 Å². The Hall–Kier alpha value is -1.41. The van der Waals surface area contributed by atoms with Gasteiger partial charge in [-0.3, -0.25) is 4.79 Å². The third-order valence-corrected chi connectivity index (χ3v) is 1.10. The Morgan fingerprint density at radius 3 is 2.08 bits per heavy atom. The molecule has 0 aromatic heterocycles. The van der Waals surface area contributed by atoms with Crippen molar-refractivity contribution in [3.63, 3.8) is 0 Å². The fourth-order valence-corrected chi connectivity index (χ4v) is 0.532. The van der Waals surface area contributed by atoms with Crippen LogP contribution in [0.5, 0.6) is 0 Å². The first-order chi connectivity index (χ1) is 5.85. The van der Waals surface area contributed by atoms with Gasteiger partial charge < -0.3 is 5.73 Å². The average Bonchev–Trinajstić information content (AvgIpc) is 2.19. The molecule has 0 aliphatic carbocycles. The molecule has 2 nitrogen and oxygen atoms in total. The van der Waals surface area contributed by atoms with E-state index in [4.69, 9.17) is 5.73 Å². The standard InChI is InChI=1S/C7H6O.C3H7N/c8-6-7-4-2-1-3-5-7;1-2-3-4/h1-6H;2H,1,3-4H2. The highest BCUT2D eigenvalue weighted by atomic mass is 16.1. The molecule has 0 fully saturated rings. The fraction of sp³-hybridized carbons (Fsp3) is 0.100. The summed E-state index contributed by atoms with van der Waals surface area (Å²) in [6.07, 6.45) is 2.49. The SMILES string of the molecule is C=CCN.O=Cc1ccccc1. The van der Waals surface area contributed by atoms with E-state index in [0.717, 1.165) is 11.8 Å². The van der Waals surface area contributed by atoms with Crippen molar-refractivity contribution >= 4 is 6.29 Å². The molecule has 2 heteroatoms. The molecule has 0 amide bonds. The summed E-state index contributed by atoms with van der Waals surface area (Å²) >= 11 is 0. The van der Waals surface area contributed by atoms with E-state index in [1.807, 2.05) is 18.2 Å². The summed E-state index contributed by atoms with van der Waals surface area (Å²) in [4.78, 5) is 10.0. The summed E-state index contributed by atoms with van der Waals surface area (Å²) in [6, 6.07) is 9.10. The molecule has 0 saturated heterocycles. The van der Waals surface area contributed by atoms with Crippen molar-refractivity contribution in [1.29, 1.82) is 0 Å². The molecule has 0 unspecified atom stereocenters. The van der Waals surface area contributed by atoms with Gasteiger partial charge in [-0.05, 0) is 0 Å². The van der Waals surface area contributed by atoms with Crippen LogP contribution in [0.1, 0.15) is 10.4 Å². The van der Waals surface area contributed by atoms with Gasteiger partial charge in [0.05, 0.1) is 0 Å². The summed E-state index contributed by atoms with van der Waals surface area (Å²) in [6.45, 7) is 3.94. The lowest BCUT2D eigenvalue weighted by atomic mass is 10.2. The van der Waals surface area contributed by atoms with Gasteiger partial charge in [-0.25, -0.2) is 0 Å². The van der Waals surface area contributed by atoms with Gasteiger partial charge in [0.15, 0.2) is 0 Å². The van der Waals surface area contributed by atoms with Crippen molar-refractivity contribution in [2.45, 2.75) is 0 Å². The zero-order valence-electron chi connectivity index (χ0n) is 6.94. The first kappa shape index (κ1) is 10.6. The molecular weight excluding hydrogens is 150 g/mol. The Morgan fingerprint density at radius 2 is 1.83 bits per heavy atom. The Labute approximate surface area is 72.7 Å². The highest BCUT2D eigenvalue weighted by molar-refractivity contribution is 5.74. The van der Waals surface area contributed by atoms with Crippen LogP contribution in [0.3, 0.4) is 0 Å². The molecule has 0 saturated carbocycles. The molecule has 0 aliphatic heterocycles. The lowest BCUT2D eigenvalue weighted by Crippen LogP contribution is -1.90. The van der Waals surface area contributed by atoms with Crippen molar-refractivity contribution in [2.24, 2.45) is 5.73 Å². The van der Waals surface area contributed by atoms with Gasteiger partial charge in [0, 0.05) is 12.1 Å². The third-order valence-electron chi connectivity index (χ3n) is 1.10. The summed E-state index contributed by atoms with van der Waals surface area (Å²) < 4.78 is 0. The molecule has 0 atom stereocenters. The van der Waals surface area contributed by atoms with Crippen LogP contribution in [0, 0.1) is 0 Å². The van der Waals surface area contributed by atoms with Crippen molar-refractivity contribution in [1.82, 2.24) is 0 Å². The number of rotatable bonds is 2. The molecule has 0 aliphatic rings. The summed E-state index contributed by atoms with van der Waals surface area (Å²) in [5.74, 6) is 0. The zero-order chi connectivity index (χ0) is 9.23. The van der Waals surface area contributed by atoms with Crippen molar-refractivity contribution < 1.29 is 4.79 Å². The summed E-state index contributed by atoms with van der Waals surface area (Å²) in [5, 5.41) is 0. The van der Waals surface area contributed by atoms with Gasteiger partial charge in [0.25, 0.3) is 0 Å². The van der Waals surface area contributed by atoms with Crippen LogP contribution in [0.15, 0.2) is 43.0 Å². The Morgan fingerprint density at radius 1 is 1.33 bits per heavy atom. The van der Waals surface area contributed by atoms with E-state index >= 15 is 0 Å². The molecule has 1 rings (SSSR count). The second-order valence-electron chi connectivity index (χ2n) is 2.05. The first-order valence-electron chi connectivity index (χ1n) is 3.66. The van der Waals surface area contributed by atoms with E-state index < -0.39 is 0 Å². The molecule has 12 heavy (non-hydrogen) atoms. The van der Waals surface area contributed by atoms with Crippen molar-refractivity contribution in [3.05, 3.63) is 48.6 Å². The van der Waals surface area contributed by atoms with Crippen LogP contribution >= 0.6 is 0 Å². The molecule has 0 bridgehead atoms. The Balaban J connectivity index is 0.000000261. The lowest BCUT2D eigenvalue weighted by molar-refractivity contribution is 0.112. The number of nitrogens with two attached hydrogens (primary N) is 1. The molecular formula is C10H13NO. The van der Waals surface area contributed by atoms with Gasteiger partial charge >= 0.3 is 0 Å². The van der Waals surface area contributed by atoms with Crippen molar-refractivity contribution in [2.75, 3.05) is 6.54 Å². The predicted octanol–water partition coefficient (Wildman–Crippen LogP) is 1.63. The smallest absolute Gasteiger partial charge is 0.150 e. The number of aldehydes is 1. The molecule has 1 aromatic rings. The number of benzene rings is 1. The van der Waals surface area contributed by atoms with Crippen LogP contribution in [-0.2, 0) is 0 Å². The van der Waals surface area contributed by atoms with Crippen LogP contribution in [-0.4, -0.2) is 12.8 Å². The van der Waals surface area contributed by atoms with E-state index in [-0.39, 0.29) is 0 Å². The molecule has 1 aromatic carbocycles. The van der Waals surface area contributed by atoms with Crippen molar-refractivity contribution in [3.8, 4) is 0 Å². The van der Waals surface area contributed by atoms with Gasteiger partial charge in [0.1, 0.15) is 6.29 Å². The number of carbonyl (C=O) groups excluding carboxylic acids is 1. The second kappa shape index (κ2) is 7.69. The monoisotopic (exact) mass is 163 g/mol. The topological polar surface area (TPSA) is 43.1 Å². The predicted molar refractivity (Wildman–Crippen MR) is 51.1 cm³/mol.